The van der Waals surface area contributed by atoms with Gasteiger partial charge < -0.3 is 0 Å². The molecule has 0 spiro atoms. The van der Waals surface area contributed by atoms with Crippen LogP contribution in [-0.4, -0.2) is 11.8 Å². The van der Waals surface area contributed by atoms with Crippen molar-refractivity contribution in [3.05, 3.63) is 29.3 Å². The Labute approximate surface area is 128 Å². The number of anilines is 1. The van der Waals surface area contributed by atoms with E-state index in [2.05, 4.69) is 0 Å². The fourth-order valence-electron chi connectivity index (χ4n) is 5.41. The van der Waals surface area contributed by atoms with Crippen molar-refractivity contribution < 1.29 is 9.59 Å². The van der Waals surface area contributed by atoms with E-state index in [4.69, 9.17) is 11.6 Å². The first-order valence-corrected chi connectivity index (χ1v) is 8.18. The molecule has 4 aliphatic carbocycles. The van der Waals surface area contributed by atoms with E-state index in [9.17, 15) is 9.59 Å². The third-order valence-electron chi connectivity index (χ3n) is 6.21. The monoisotopic (exact) mass is 301 g/mol. The quantitative estimate of drug-likeness (QED) is 0.747. The first-order valence-electron chi connectivity index (χ1n) is 7.80. The summed E-state index contributed by atoms with van der Waals surface area (Å²) < 4.78 is 0. The van der Waals surface area contributed by atoms with Crippen LogP contribution in [0.3, 0.4) is 0 Å². The molecule has 21 heavy (non-hydrogen) atoms. The zero-order chi connectivity index (χ0) is 14.3. The van der Waals surface area contributed by atoms with Crippen molar-refractivity contribution in [3.8, 4) is 0 Å². The van der Waals surface area contributed by atoms with Gasteiger partial charge in [0.2, 0.25) is 11.8 Å². The summed E-state index contributed by atoms with van der Waals surface area (Å²) in [6.45, 7) is 0. The third kappa shape index (κ3) is 1.45. The Bertz CT molecular complexity index is 639. The van der Waals surface area contributed by atoms with E-state index in [1.54, 1.807) is 18.2 Å². The van der Waals surface area contributed by atoms with Crippen molar-refractivity contribution in [3.63, 3.8) is 0 Å². The Kier molecular flexibility index (Phi) is 2.26. The fourth-order valence-corrected chi connectivity index (χ4v) is 5.59. The van der Waals surface area contributed by atoms with Crippen molar-refractivity contribution in [2.75, 3.05) is 4.90 Å². The van der Waals surface area contributed by atoms with Gasteiger partial charge in [-0.25, -0.2) is 4.90 Å². The molecule has 4 saturated carbocycles. The number of nitrogens with zero attached hydrogens (tertiary/aromatic N) is 1. The van der Waals surface area contributed by atoms with Crippen LogP contribution >= 0.6 is 11.6 Å². The van der Waals surface area contributed by atoms with E-state index >= 15 is 0 Å². The van der Waals surface area contributed by atoms with Crippen LogP contribution in [0.25, 0.3) is 0 Å². The summed E-state index contributed by atoms with van der Waals surface area (Å²) in [6, 6.07) is 7.09. The Morgan fingerprint density at radius 2 is 1.57 bits per heavy atom. The minimum absolute atomic E-state index is 0.0207. The molecule has 3 nitrogen and oxygen atoms in total. The van der Waals surface area contributed by atoms with Gasteiger partial charge in [0.05, 0.1) is 17.5 Å². The van der Waals surface area contributed by atoms with Crippen LogP contribution in [0, 0.1) is 35.5 Å². The normalized spacial score (nSPS) is 43.0. The first-order chi connectivity index (χ1) is 10.2. The van der Waals surface area contributed by atoms with E-state index < -0.39 is 0 Å². The van der Waals surface area contributed by atoms with Crippen LogP contribution in [0.15, 0.2) is 24.3 Å². The minimum Gasteiger partial charge on any atom is -0.274 e. The van der Waals surface area contributed by atoms with Crippen molar-refractivity contribution in [1.29, 1.82) is 0 Å². The van der Waals surface area contributed by atoms with Crippen molar-refractivity contribution in [1.82, 2.24) is 0 Å². The zero-order valence-electron chi connectivity index (χ0n) is 11.5. The van der Waals surface area contributed by atoms with Crippen molar-refractivity contribution in [2.24, 2.45) is 35.5 Å². The number of hydrogen-bond acceptors (Lipinski definition) is 2. The van der Waals surface area contributed by atoms with Crippen molar-refractivity contribution in [2.45, 2.75) is 19.3 Å². The second kappa shape index (κ2) is 3.89. The van der Waals surface area contributed by atoms with E-state index in [-0.39, 0.29) is 23.7 Å². The lowest BCUT2D eigenvalue weighted by Crippen LogP contribution is -2.43. The second-order valence-corrected chi connectivity index (χ2v) is 7.45. The Morgan fingerprint density at radius 1 is 0.952 bits per heavy atom. The summed E-state index contributed by atoms with van der Waals surface area (Å²) in [7, 11) is 0. The maximum absolute atomic E-state index is 12.9. The molecule has 5 aliphatic rings. The molecule has 1 heterocycles. The van der Waals surface area contributed by atoms with Gasteiger partial charge in [-0.15, -0.1) is 0 Å². The second-order valence-electron chi connectivity index (χ2n) is 7.01. The number of carbonyl (C=O) groups excluding carboxylic acids is 2. The summed E-state index contributed by atoms with van der Waals surface area (Å²) >= 11 is 6.02. The van der Waals surface area contributed by atoms with Crippen LogP contribution in [-0.2, 0) is 9.59 Å². The van der Waals surface area contributed by atoms with Gasteiger partial charge in [-0.3, -0.25) is 9.59 Å². The topological polar surface area (TPSA) is 37.4 Å². The third-order valence-corrected chi connectivity index (χ3v) is 6.45. The van der Waals surface area contributed by atoms with E-state index in [0.717, 1.165) is 24.7 Å². The highest BCUT2D eigenvalue weighted by molar-refractivity contribution is 6.31. The summed E-state index contributed by atoms with van der Waals surface area (Å²) in [5.74, 6) is 2.27. The SMILES string of the molecule is O=C1[C@@H]2[C@@H]3CC[C@@H]([C@@H]4C[C@@H]43)[C@@H]2C(=O)N1c1cccc(Cl)c1. The molecule has 0 unspecified atom stereocenters. The van der Waals surface area contributed by atoms with Crippen LogP contribution in [0.1, 0.15) is 19.3 Å². The highest BCUT2D eigenvalue weighted by Gasteiger charge is 2.68. The van der Waals surface area contributed by atoms with E-state index in [1.807, 2.05) is 6.07 Å². The molecule has 5 fully saturated rings. The minimum atomic E-state index is -0.0565. The van der Waals surface area contributed by atoms with Gasteiger partial charge in [0.15, 0.2) is 0 Å². The van der Waals surface area contributed by atoms with Crippen LogP contribution in [0.2, 0.25) is 5.02 Å². The Hall–Kier alpha value is -1.35. The lowest BCUT2D eigenvalue weighted by atomic mass is 9.59. The summed E-state index contributed by atoms with van der Waals surface area (Å²) in [5, 5.41) is 0.564. The number of benzene rings is 1. The number of imide groups is 1. The average Bonchev–Trinajstić information content (AvgIpc) is 3.24. The van der Waals surface area contributed by atoms with Crippen LogP contribution in [0.4, 0.5) is 5.69 Å². The van der Waals surface area contributed by atoms with E-state index in [0.29, 0.717) is 22.5 Å². The maximum Gasteiger partial charge on any atom is 0.237 e. The van der Waals surface area contributed by atoms with Gasteiger partial charge in [-0.1, -0.05) is 17.7 Å². The predicted octanol–water partition coefficient (Wildman–Crippen LogP) is 3.12. The molecule has 6 rings (SSSR count). The summed E-state index contributed by atoms with van der Waals surface area (Å²) in [5.41, 5.74) is 0.639. The van der Waals surface area contributed by atoms with Gasteiger partial charge in [0, 0.05) is 5.02 Å². The molecule has 4 heteroatoms. The number of amides is 2. The van der Waals surface area contributed by atoms with Gasteiger partial charge in [0.1, 0.15) is 0 Å². The Morgan fingerprint density at radius 3 is 2.14 bits per heavy atom. The smallest absolute Gasteiger partial charge is 0.237 e. The van der Waals surface area contributed by atoms with Gasteiger partial charge in [-0.2, -0.15) is 0 Å². The Balaban J connectivity index is 1.58. The number of carbonyl (C=O) groups is 2. The molecule has 0 radical (unpaired) electrons. The highest BCUT2D eigenvalue weighted by atomic mass is 35.5. The lowest BCUT2D eigenvalue weighted by molar-refractivity contribution is -0.129. The van der Waals surface area contributed by atoms with Gasteiger partial charge in [-0.05, 0) is 61.1 Å². The summed E-state index contributed by atoms with van der Waals surface area (Å²) in [4.78, 5) is 27.2. The maximum atomic E-state index is 12.9. The standard InChI is InChI=1S/C17H16ClNO2/c18-8-2-1-3-9(6-8)19-16(20)14-10-4-5-11(13-7-12(10)13)15(14)17(19)21/h1-3,6,10-15H,4-5,7H2/t10-,11+,12-,13+,14-,15+. The molecule has 1 aliphatic heterocycles. The summed E-state index contributed by atoms with van der Waals surface area (Å²) in [6.07, 6.45) is 3.52. The number of rotatable bonds is 1. The molecular weight excluding hydrogens is 286 g/mol. The molecule has 1 aromatic carbocycles. The first kappa shape index (κ1) is 12.2. The van der Waals surface area contributed by atoms with Crippen molar-refractivity contribution >= 4 is 29.1 Å². The van der Waals surface area contributed by atoms with Crippen LogP contribution in [0.5, 0.6) is 0 Å². The molecule has 108 valence electrons. The largest absolute Gasteiger partial charge is 0.274 e. The lowest BCUT2D eigenvalue weighted by Gasteiger charge is -2.42. The molecule has 1 saturated heterocycles. The average molecular weight is 302 g/mol. The highest BCUT2D eigenvalue weighted by Crippen LogP contribution is 2.68. The van der Waals surface area contributed by atoms with Gasteiger partial charge >= 0.3 is 0 Å². The molecule has 2 bridgehead atoms. The zero-order valence-corrected chi connectivity index (χ0v) is 12.3. The molecule has 1 aromatic rings. The molecule has 2 amide bonds. The fraction of sp³-hybridized carbons (Fsp3) is 0.529. The number of halogens is 1. The number of hydrogen-bond donors (Lipinski definition) is 0. The van der Waals surface area contributed by atoms with Gasteiger partial charge in [0.25, 0.3) is 0 Å². The molecule has 6 atom stereocenters. The van der Waals surface area contributed by atoms with E-state index in [1.165, 1.54) is 11.3 Å². The number of fused-ring (bicyclic) bond motifs is 1. The molecular formula is C17H16ClNO2. The van der Waals surface area contributed by atoms with Crippen LogP contribution < -0.4 is 4.90 Å². The predicted molar refractivity (Wildman–Crippen MR) is 78.7 cm³/mol. The molecule has 0 aromatic heterocycles. The molecule has 0 N–H and O–H groups in total.